The summed E-state index contributed by atoms with van der Waals surface area (Å²) in [5, 5.41) is 10.5. The van der Waals surface area contributed by atoms with E-state index in [1.165, 1.54) is 11.3 Å². The molecule has 2 heterocycles. The van der Waals surface area contributed by atoms with Crippen molar-refractivity contribution in [2.75, 3.05) is 19.7 Å². The number of likely N-dealkylation sites (tertiary alicyclic amines) is 1. The van der Waals surface area contributed by atoms with Crippen LogP contribution in [0.1, 0.15) is 35.0 Å². The number of carbonyl (C=O) groups excluding carboxylic acids is 1. The van der Waals surface area contributed by atoms with Gasteiger partial charge in [0, 0.05) is 18.5 Å². The van der Waals surface area contributed by atoms with Crippen LogP contribution < -0.4 is 0 Å². The standard InChI is InChI=1S/C14H17NO2S/c1-11-4-6-15(7-5-11)14(17)12-9-13(18-10-12)3-2-8-16/h9-11,16H,4-8H2,1H3. The second kappa shape index (κ2) is 6.03. The highest BCUT2D eigenvalue weighted by Crippen LogP contribution is 2.20. The topological polar surface area (TPSA) is 40.5 Å². The van der Waals surface area contributed by atoms with Crippen LogP contribution in [0.3, 0.4) is 0 Å². The van der Waals surface area contributed by atoms with E-state index < -0.39 is 0 Å². The van der Waals surface area contributed by atoms with Crippen LogP contribution in [0.2, 0.25) is 0 Å². The molecule has 0 radical (unpaired) electrons. The fraction of sp³-hybridized carbons (Fsp3) is 0.500. The SMILES string of the molecule is CC1CCN(C(=O)c2csc(C#CCO)c2)CC1. The molecular weight excluding hydrogens is 246 g/mol. The third-order valence-corrected chi connectivity index (χ3v) is 4.05. The molecule has 1 amide bonds. The molecular formula is C14H17NO2S. The van der Waals surface area contributed by atoms with Crippen molar-refractivity contribution in [3.63, 3.8) is 0 Å². The van der Waals surface area contributed by atoms with Crippen molar-refractivity contribution in [1.29, 1.82) is 0 Å². The fourth-order valence-corrected chi connectivity index (χ4v) is 2.78. The number of aliphatic hydroxyl groups excluding tert-OH is 1. The minimum atomic E-state index is -0.148. The van der Waals surface area contributed by atoms with Crippen LogP contribution in [-0.2, 0) is 0 Å². The zero-order chi connectivity index (χ0) is 13.0. The monoisotopic (exact) mass is 263 g/mol. The van der Waals surface area contributed by atoms with E-state index in [9.17, 15) is 4.79 Å². The number of carbonyl (C=O) groups is 1. The third-order valence-electron chi connectivity index (χ3n) is 3.21. The Morgan fingerprint density at radius 3 is 2.94 bits per heavy atom. The molecule has 0 aromatic carbocycles. The van der Waals surface area contributed by atoms with Crippen molar-refractivity contribution in [3.8, 4) is 11.8 Å². The Morgan fingerprint density at radius 1 is 1.56 bits per heavy atom. The summed E-state index contributed by atoms with van der Waals surface area (Å²) in [6.07, 6.45) is 2.18. The molecule has 96 valence electrons. The van der Waals surface area contributed by atoms with Gasteiger partial charge in [0.1, 0.15) is 6.61 Å². The van der Waals surface area contributed by atoms with E-state index in [1.54, 1.807) is 0 Å². The molecule has 0 spiro atoms. The number of hydrogen-bond donors (Lipinski definition) is 1. The largest absolute Gasteiger partial charge is 0.384 e. The predicted octanol–water partition coefficient (Wildman–Crippen LogP) is 1.96. The highest BCUT2D eigenvalue weighted by molar-refractivity contribution is 7.10. The van der Waals surface area contributed by atoms with E-state index in [0.717, 1.165) is 42.3 Å². The van der Waals surface area contributed by atoms with Crippen LogP contribution in [-0.4, -0.2) is 35.6 Å². The summed E-state index contributed by atoms with van der Waals surface area (Å²) in [7, 11) is 0. The average molecular weight is 263 g/mol. The summed E-state index contributed by atoms with van der Waals surface area (Å²) in [5.74, 6) is 6.25. The van der Waals surface area contributed by atoms with Crippen LogP contribution in [0.4, 0.5) is 0 Å². The molecule has 3 nitrogen and oxygen atoms in total. The molecule has 0 aliphatic carbocycles. The minimum absolute atomic E-state index is 0.107. The predicted molar refractivity (Wildman–Crippen MR) is 72.6 cm³/mol. The Morgan fingerprint density at radius 2 is 2.28 bits per heavy atom. The lowest BCUT2D eigenvalue weighted by molar-refractivity contribution is 0.0698. The molecule has 0 atom stereocenters. The van der Waals surface area contributed by atoms with E-state index in [4.69, 9.17) is 5.11 Å². The zero-order valence-electron chi connectivity index (χ0n) is 10.5. The number of amides is 1. The van der Waals surface area contributed by atoms with Gasteiger partial charge < -0.3 is 10.0 Å². The lowest BCUT2D eigenvalue weighted by atomic mass is 9.99. The van der Waals surface area contributed by atoms with Crippen LogP contribution >= 0.6 is 11.3 Å². The molecule has 1 fully saturated rings. The number of piperidine rings is 1. The number of hydrogen-bond acceptors (Lipinski definition) is 3. The number of nitrogens with zero attached hydrogens (tertiary/aromatic N) is 1. The van der Waals surface area contributed by atoms with Crippen molar-refractivity contribution < 1.29 is 9.90 Å². The molecule has 2 rings (SSSR count). The van der Waals surface area contributed by atoms with Gasteiger partial charge in [-0.05, 0) is 24.8 Å². The molecule has 1 aliphatic rings. The molecule has 0 bridgehead atoms. The lowest BCUT2D eigenvalue weighted by Gasteiger charge is -2.30. The van der Waals surface area contributed by atoms with Crippen LogP contribution in [0.15, 0.2) is 11.4 Å². The Bertz CT molecular complexity index is 475. The van der Waals surface area contributed by atoms with Gasteiger partial charge in [-0.15, -0.1) is 11.3 Å². The van der Waals surface area contributed by atoms with E-state index in [1.807, 2.05) is 16.3 Å². The summed E-state index contributed by atoms with van der Waals surface area (Å²) in [5.41, 5.74) is 0.719. The van der Waals surface area contributed by atoms with Gasteiger partial charge in [0.05, 0.1) is 10.4 Å². The number of aliphatic hydroxyl groups is 1. The first-order valence-electron chi connectivity index (χ1n) is 6.18. The van der Waals surface area contributed by atoms with Crippen molar-refractivity contribution in [2.24, 2.45) is 5.92 Å². The average Bonchev–Trinajstić information content (AvgIpc) is 2.85. The Hall–Kier alpha value is -1.31. The van der Waals surface area contributed by atoms with Crippen LogP contribution in [0.25, 0.3) is 0 Å². The molecule has 1 aromatic rings. The smallest absolute Gasteiger partial charge is 0.254 e. The summed E-state index contributed by atoms with van der Waals surface area (Å²) < 4.78 is 0. The highest BCUT2D eigenvalue weighted by Gasteiger charge is 2.21. The maximum absolute atomic E-state index is 12.2. The summed E-state index contributed by atoms with van der Waals surface area (Å²) in [4.78, 5) is 15.0. The van der Waals surface area contributed by atoms with Gasteiger partial charge >= 0.3 is 0 Å². The van der Waals surface area contributed by atoms with E-state index in [0.29, 0.717) is 0 Å². The van der Waals surface area contributed by atoms with Gasteiger partial charge in [-0.25, -0.2) is 0 Å². The number of thiophene rings is 1. The molecule has 4 heteroatoms. The molecule has 1 aliphatic heterocycles. The first-order chi connectivity index (χ1) is 8.70. The third kappa shape index (κ3) is 3.12. The first-order valence-corrected chi connectivity index (χ1v) is 7.06. The normalized spacial score (nSPS) is 16.2. The van der Waals surface area contributed by atoms with Crippen molar-refractivity contribution in [1.82, 2.24) is 4.90 Å². The van der Waals surface area contributed by atoms with E-state index in [2.05, 4.69) is 18.8 Å². The summed E-state index contributed by atoms with van der Waals surface area (Å²) >= 11 is 1.45. The van der Waals surface area contributed by atoms with Gasteiger partial charge in [0.15, 0.2) is 0 Å². The van der Waals surface area contributed by atoms with Crippen LogP contribution in [0, 0.1) is 17.8 Å². The summed E-state index contributed by atoms with van der Waals surface area (Å²) in [6.45, 7) is 3.79. The van der Waals surface area contributed by atoms with Crippen molar-refractivity contribution >= 4 is 17.2 Å². The Balaban J connectivity index is 2.02. The second-order valence-corrected chi connectivity index (χ2v) is 5.55. The summed E-state index contributed by atoms with van der Waals surface area (Å²) in [6, 6.07) is 1.81. The highest BCUT2D eigenvalue weighted by atomic mass is 32.1. The van der Waals surface area contributed by atoms with Gasteiger partial charge in [0.25, 0.3) is 5.91 Å². The van der Waals surface area contributed by atoms with Gasteiger partial charge in [-0.2, -0.15) is 0 Å². The zero-order valence-corrected chi connectivity index (χ0v) is 11.3. The molecule has 0 unspecified atom stereocenters. The molecule has 1 aromatic heterocycles. The molecule has 18 heavy (non-hydrogen) atoms. The Kier molecular flexibility index (Phi) is 4.40. The van der Waals surface area contributed by atoms with E-state index in [-0.39, 0.29) is 12.5 Å². The fourth-order valence-electron chi connectivity index (χ4n) is 2.03. The van der Waals surface area contributed by atoms with Gasteiger partial charge in [-0.3, -0.25) is 4.79 Å². The van der Waals surface area contributed by atoms with Crippen molar-refractivity contribution in [3.05, 3.63) is 21.9 Å². The maximum Gasteiger partial charge on any atom is 0.254 e. The molecule has 1 N–H and O–H groups in total. The second-order valence-electron chi connectivity index (χ2n) is 4.63. The first kappa shape index (κ1) is 13.1. The Labute approximate surface area is 111 Å². The van der Waals surface area contributed by atoms with Gasteiger partial charge in [-0.1, -0.05) is 18.8 Å². The van der Waals surface area contributed by atoms with E-state index >= 15 is 0 Å². The van der Waals surface area contributed by atoms with Crippen LogP contribution in [0.5, 0.6) is 0 Å². The maximum atomic E-state index is 12.2. The lowest BCUT2D eigenvalue weighted by Crippen LogP contribution is -2.37. The van der Waals surface area contributed by atoms with Gasteiger partial charge in [0.2, 0.25) is 0 Å². The minimum Gasteiger partial charge on any atom is -0.384 e. The molecule has 0 saturated carbocycles. The number of rotatable bonds is 1. The van der Waals surface area contributed by atoms with Crippen molar-refractivity contribution in [2.45, 2.75) is 19.8 Å². The quantitative estimate of drug-likeness (QED) is 0.787. The molecule has 1 saturated heterocycles.